The lowest BCUT2D eigenvalue weighted by atomic mass is 9.85. The largest absolute Gasteiger partial charge is 0.382 e. The molecule has 0 aromatic carbocycles. The first-order chi connectivity index (χ1) is 6.33. The topological polar surface area (TPSA) is 69.4 Å². The van der Waals surface area contributed by atoms with Gasteiger partial charge in [0.2, 0.25) is 0 Å². The molecular formula is C10H19NO3. The highest BCUT2D eigenvalue weighted by molar-refractivity contribution is 5.87. The van der Waals surface area contributed by atoms with E-state index in [4.69, 9.17) is 10.5 Å². The lowest BCUT2D eigenvalue weighted by Gasteiger charge is -2.27. The SMILES string of the molecule is COCC(N)(CC(C)C(C)=O)C(C)=O. The van der Waals surface area contributed by atoms with Crippen LogP contribution in [0.2, 0.25) is 0 Å². The van der Waals surface area contributed by atoms with Crippen molar-refractivity contribution in [2.24, 2.45) is 11.7 Å². The third kappa shape index (κ3) is 3.55. The average molecular weight is 201 g/mol. The average Bonchev–Trinajstić information content (AvgIpc) is 2.03. The van der Waals surface area contributed by atoms with Gasteiger partial charge in [-0.3, -0.25) is 9.59 Å². The molecule has 0 aliphatic heterocycles. The molecule has 0 aliphatic carbocycles. The van der Waals surface area contributed by atoms with Gasteiger partial charge in [-0.2, -0.15) is 0 Å². The number of Topliss-reactive ketones (excluding diaryl/α,β-unsaturated/α-hetero) is 2. The number of ketones is 2. The van der Waals surface area contributed by atoms with Crippen LogP contribution < -0.4 is 5.73 Å². The van der Waals surface area contributed by atoms with Crippen LogP contribution in [0.3, 0.4) is 0 Å². The van der Waals surface area contributed by atoms with Crippen molar-refractivity contribution in [3.63, 3.8) is 0 Å². The molecule has 0 spiro atoms. The second-order valence-electron chi connectivity index (χ2n) is 3.86. The summed E-state index contributed by atoms with van der Waals surface area (Å²) < 4.78 is 4.89. The molecule has 0 rings (SSSR count). The second kappa shape index (κ2) is 5.22. The standard InChI is InChI=1S/C10H19NO3/c1-7(8(2)12)5-10(11,6-14-4)9(3)13/h7H,5-6,11H2,1-4H3. The molecule has 0 amide bonds. The van der Waals surface area contributed by atoms with Crippen LogP contribution in [0.1, 0.15) is 27.2 Å². The first-order valence-corrected chi connectivity index (χ1v) is 4.63. The van der Waals surface area contributed by atoms with Crippen molar-refractivity contribution < 1.29 is 14.3 Å². The lowest BCUT2D eigenvalue weighted by Crippen LogP contribution is -2.52. The fraction of sp³-hybridized carbons (Fsp3) is 0.800. The Morgan fingerprint density at radius 2 is 1.93 bits per heavy atom. The van der Waals surface area contributed by atoms with E-state index in [1.807, 2.05) is 0 Å². The highest BCUT2D eigenvalue weighted by Gasteiger charge is 2.33. The van der Waals surface area contributed by atoms with Crippen LogP contribution in [0, 0.1) is 5.92 Å². The Balaban J connectivity index is 4.52. The summed E-state index contributed by atoms with van der Waals surface area (Å²) in [5, 5.41) is 0. The Labute approximate surface area is 84.8 Å². The van der Waals surface area contributed by atoms with Crippen molar-refractivity contribution >= 4 is 11.6 Å². The number of nitrogens with two attached hydrogens (primary N) is 1. The van der Waals surface area contributed by atoms with Crippen LogP contribution in [-0.2, 0) is 14.3 Å². The highest BCUT2D eigenvalue weighted by atomic mass is 16.5. The Morgan fingerprint density at radius 1 is 1.43 bits per heavy atom. The Kier molecular flexibility index (Phi) is 4.94. The summed E-state index contributed by atoms with van der Waals surface area (Å²) in [5.41, 5.74) is 4.84. The van der Waals surface area contributed by atoms with Gasteiger partial charge >= 0.3 is 0 Å². The maximum atomic E-state index is 11.3. The van der Waals surface area contributed by atoms with E-state index in [0.717, 1.165) is 0 Å². The molecule has 0 bridgehead atoms. The van der Waals surface area contributed by atoms with Crippen molar-refractivity contribution in [3.8, 4) is 0 Å². The van der Waals surface area contributed by atoms with Crippen LogP contribution in [0.15, 0.2) is 0 Å². The van der Waals surface area contributed by atoms with E-state index in [1.165, 1.54) is 21.0 Å². The Hall–Kier alpha value is -0.740. The molecule has 0 saturated carbocycles. The summed E-state index contributed by atoms with van der Waals surface area (Å²) in [7, 11) is 1.49. The zero-order chi connectivity index (χ0) is 11.4. The lowest BCUT2D eigenvalue weighted by molar-refractivity contribution is -0.126. The Morgan fingerprint density at radius 3 is 2.21 bits per heavy atom. The van der Waals surface area contributed by atoms with Crippen molar-refractivity contribution in [2.45, 2.75) is 32.7 Å². The molecule has 2 unspecified atom stereocenters. The number of carbonyl (C=O) groups is 2. The monoisotopic (exact) mass is 201 g/mol. The Bertz CT molecular complexity index is 227. The van der Waals surface area contributed by atoms with Gasteiger partial charge in [-0.25, -0.2) is 0 Å². The summed E-state index contributed by atoms with van der Waals surface area (Å²) in [6, 6.07) is 0. The molecule has 4 heteroatoms. The smallest absolute Gasteiger partial charge is 0.151 e. The summed E-state index contributed by atoms with van der Waals surface area (Å²) in [6.45, 7) is 4.84. The fourth-order valence-electron chi connectivity index (χ4n) is 1.25. The third-order valence-corrected chi connectivity index (χ3v) is 2.47. The summed E-state index contributed by atoms with van der Waals surface area (Å²) in [6.07, 6.45) is 0.339. The van der Waals surface area contributed by atoms with Crippen LogP contribution in [0.5, 0.6) is 0 Å². The normalized spacial score (nSPS) is 17.2. The van der Waals surface area contributed by atoms with Gasteiger partial charge < -0.3 is 10.5 Å². The first-order valence-electron chi connectivity index (χ1n) is 4.63. The molecule has 0 saturated heterocycles. The van der Waals surface area contributed by atoms with E-state index in [1.54, 1.807) is 6.92 Å². The number of carbonyl (C=O) groups excluding carboxylic acids is 2. The molecule has 0 heterocycles. The quantitative estimate of drug-likeness (QED) is 0.680. The minimum atomic E-state index is -1.03. The van der Waals surface area contributed by atoms with E-state index >= 15 is 0 Å². The van der Waals surface area contributed by atoms with E-state index in [2.05, 4.69) is 0 Å². The van der Waals surface area contributed by atoms with Gasteiger partial charge in [-0.1, -0.05) is 6.92 Å². The predicted molar refractivity (Wildman–Crippen MR) is 53.9 cm³/mol. The van der Waals surface area contributed by atoms with Gasteiger partial charge in [-0.05, 0) is 20.3 Å². The summed E-state index contributed by atoms with van der Waals surface area (Å²) >= 11 is 0. The van der Waals surface area contributed by atoms with Crippen LogP contribution in [0.4, 0.5) is 0 Å². The molecule has 82 valence electrons. The second-order valence-corrected chi connectivity index (χ2v) is 3.86. The number of methoxy groups -OCH3 is 1. The van der Waals surface area contributed by atoms with Gasteiger partial charge in [0.1, 0.15) is 5.78 Å². The zero-order valence-electron chi connectivity index (χ0n) is 9.29. The third-order valence-electron chi connectivity index (χ3n) is 2.47. The van der Waals surface area contributed by atoms with Crippen molar-refractivity contribution in [2.75, 3.05) is 13.7 Å². The highest BCUT2D eigenvalue weighted by Crippen LogP contribution is 2.17. The molecule has 0 radical (unpaired) electrons. The molecule has 14 heavy (non-hydrogen) atoms. The molecule has 4 nitrogen and oxygen atoms in total. The molecular weight excluding hydrogens is 182 g/mol. The predicted octanol–water partition coefficient (Wildman–Crippen LogP) is 0.535. The van der Waals surface area contributed by atoms with E-state index in [-0.39, 0.29) is 24.1 Å². The van der Waals surface area contributed by atoms with E-state index < -0.39 is 5.54 Å². The number of ether oxygens (including phenoxy) is 1. The summed E-state index contributed by atoms with van der Waals surface area (Å²) in [4.78, 5) is 22.3. The van der Waals surface area contributed by atoms with Gasteiger partial charge in [0.05, 0.1) is 12.1 Å². The minimum Gasteiger partial charge on any atom is -0.382 e. The minimum absolute atomic E-state index is 0.0391. The first kappa shape index (κ1) is 13.3. The zero-order valence-corrected chi connectivity index (χ0v) is 9.29. The van der Waals surface area contributed by atoms with Crippen molar-refractivity contribution in [1.82, 2.24) is 0 Å². The van der Waals surface area contributed by atoms with Crippen molar-refractivity contribution in [3.05, 3.63) is 0 Å². The van der Waals surface area contributed by atoms with E-state index in [9.17, 15) is 9.59 Å². The summed E-state index contributed by atoms with van der Waals surface area (Å²) in [5.74, 6) is -0.316. The molecule has 0 aromatic heterocycles. The molecule has 2 N–H and O–H groups in total. The van der Waals surface area contributed by atoms with Crippen LogP contribution >= 0.6 is 0 Å². The van der Waals surface area contributed by atoms with Crippen LogP contribution in [-0.4, -0.2) is 30.8 Å². The van der Waals surface area contributed by atoms with E-state index in [0.29, 0.717) is 6.42 Å². The molecule has 0 aliphatic rings. The number of hydrogen-bond donors (Lipinski definition) is 1. The fourth-order valence-corrected chi connectivity index (χ4v) is 1.25. The molecule has 0 fully saturated rings. The van der Waals surface area contributed by atoms with Crippen LogP contribution in [0.25, 0.3) is 0 Å². The van der Waals surface area contributed by atoms with Gasteiger partial charge in [-0.15, -0.1) is 0 Å². The van der Waals surface area contributed by atoms with Crippen molar-refractivity contribution in [1.29, 1.82) is 0 Å². The molecule has 2 atom stereocenters. The number of rotatable bonds is 6. The maximum absolute atomic E-state index is 11.3. The van der Waals surface area contributed by atoms with Gasteiger partial charge in [0.25, 0.3) is 0 Å². The van der Waals surface area contributed by atoms with Gasteiger partial charge in [0, 0.05) is 13.0 Å². The molecule has 0 aromatic rings. The van der Waals surface area contributed by atoms with Gasteiger partial charge in [0.15, 0.2) is 5.78 Å². The number of hydrogen-bond acceptors (Lipinski definition) is 4. The maximum Gasteiger partial charge on any atom is 0.151 e.